The van der Waals surface area contributed by atoms with E-state index < -0.39 is 108 Å². The van der Waals surface area contributed by atoms with E-state index >= 15 is 4.79 Å². The molecule has 2 aliphatic heterocycles. The van der Waals surface area contributed by atoms with Gasteiger partial charge in [0.05, 0.1) is 54.3 Å². The van der Waals surface area contributed by atoms with Crippen LogP contribution in [0.4, 0.5) is 0 Å². The highest BCUT2D eigenvalue weighted by Gasteiger charge is 2.45. The summed E-state index contributed by atoms with van der Waals surface area (Å²) in [6, 6.07) is -0.784. The number of likely N-dealkylation sites (tertiary alicyclic amines) is 1. The lowest BCUT2D eigenvalue weighted by molar-refractivity contribution is -0.142. The molecule has 7 amide bonds. The summed E-state index contributed by atoms with van der Waals surface area (Å²) in [5.74, 6) is -5.53. The van der Waals surface area contributed by atoms with Crippen molar-refractivity contribution >= 4 is 77.6 Å². The van der Waals surface area contributed by atoms with Gasteiger partial charge in [0.1, 0.15) is 35.6 Å². The maximum Gasteiger partial charge on any atom is 0.293 e. The van der Waals surface area contributed by atoms with Crippen molar-refractivity contribution in [3.8, 4) is 0 Å². The lowest BCUT2D eigenvalue weighted by Crippen LogP contribution is -2.58. The average Bonchev–Trinajstić information content (AvgIpc) is 2.88. The van der Waals surface area contributed by atoms with E-state index in [9.17, 15) is 43.5 Å². The standard InChI is InChI=1S/C53H85N11O9S.C5H10O2.CH4O/c1-10-31(4)45-49(71)58-29-42(68)59-34(7)53(30-65,23-17-15-13-14-16-18-24-55-8)64-39-26-35(11-2)21-22-36(39)44(52(64)74)47(33(6)57-28-43(69)60-45)62-50(72)46(32(5)40(66)12-3)61-48(70)38-20-19-25-63(38)51(73)37(56-9)27-41(54)67;1-5(2,3)7-4-6;1-2/h21-22,26,30-32,34,37-38,40,45-47,55-57,66,74H,6,10-20,23-25,27-29H2,1-5,7-9H3,(H2,54,67)(H,58,71)(H,59,68)(H,60,69)(H,61,70)(H,62,72);4H,1-3H3;2H,1H3/t31?,32-,34-,37?,38?,40?,45?,46?,47?,53?;;/m0../s1. The number of rotatable bonds is 25. The van der Waals surface area contributed by atoms with Gasteiger partial charge in [-0.15, -0.1) is 12.6 Å². The van der Waals surface area contributed by atoms with Gasteiger partial charge in [-0.25, -0.2) is 0 Å². The molecular formula is C59H99N11O12S. The first kappa shape index (κ1) is 73.0. The number of hydrogen-bond acceptors (Lipinski definition) is 16. The van der Waals surface area contributed by atoms with Crippen LogP contribution in [0.5, 0.6) is 0 Å². The van der Waals surface area contributed by atoms with Crippen molar-refractivity contribution in [3.63, 3.8) is 0 Å². The minimum Gasteiger partial charge on any atom is -0.462 e. The fraction of sp³-hybridized carbons (Fsp3) is 0.678. The lowest BCUT2D eigenvalue weighted by Gasteiger charge is -2.38. The van der Waals surface area contributed by atoms with Gasteiger partial charge in [0.15, 0.2) is 0 Å². The van der Waals surface area contributed by atoms with Gasteiger partial charge in [-0.1, -0.05) is 91.9 Å². The van der Waals surface area contributed by atoms with Crippen molar-refractivity contribution in [3.05, 3.63) is 41.6 Å². The number of aryl methyl sites for hydroxylation is 1. The third kappa shape index (κ3) is 20.9. The van der Waals surface area contributed by atoms with Gasteiger partial charge in [0.25, 0.3) is 6.47 Å². The summed E-state index contributed by atoms with van der Waals surface area (Å²) in [6.45, 7) is 21.4. The van der Waals surface area contributed by atoms with Crippen molar-refractivity contribution in [2.75, 3.05) is 47.4 Å². The van der Waals surface area contributed by atoms with Gasteiger partial charge in [-0.2, -0.15) is 0 Å². The number of unbranched alkanes of at least 4 members (excludes halogenated alkanes) is 5. The van der Waals surface area contributed by atoms with Gasteiger partial charge < -0.3 is 77.5 Å². The van der Waals surface area contributed by atoms with E-state index in [1.807, 2.05) is 64.4 Å². The van der Waals surface area contributed by atoms with Crippen LogP contribution in [0.2, 0.25) is 0 Å². The summed E-state index contributed by atoms with van der Waals surface area (Å²) >= 11 is 5.24. The summed E-state index contributed by atoms with van der Waals surface area (Å²) in [6.07, 6.45) is 7.25. The number of ether oxygens (including phenoxy) is 1. The topological polar surface area (TPSA) is 334 Å². The predicted molar refractivity (Wildman–Crippen MR) is 323 cm³/mol. The van der Waals surface area contributed by atoms with Crippen LogP contribution < -0.4 is 48.3 Å². The quantitative estimate of drug-likeness (QED) is 0.0386. The van der Waals surface area contributed by atoms with Gasteiger partial charge in [-0.05, 0) is 104 Å². The van der Waals surface area contributed by atoms with Crippen molar-refractivity contribution in [2.45, 2.75) is 204 Å². The molecule has 24 heteroatoms. The van der Waals surface area contributed by atoms with E-state index in [4.69, 9.17) is 23.5 Å². The number of fused-ring (bicyclic) bond motifs is 5. The fourth-order valence-corrected chi connectivity index (χ4v) is 10.9. The maximum atomic E-state index is 15.2. The SMILES string of the molecule is C=C1NCC(=O)NC(C(C)CC)C(=O)NCC(=O)N[C@@H](C)C(C=O)(CCCCCCCCNC)n2c(S)c(c3ccc(CC)cc32)C1NC(=O)C(NC(=O)C1CCCN1C(=O)C(CC(N)=O)NC)[C@@H](C)C(O)CC.CC(C)(C)OC=O.CO. The Balaban J connectivity index is 0.00000242. The van der Waals surface area contributed by atoms with E-state index in [0.29, 0.717) is 48.6 Å². The zero-order chi connectivity index (χ0) is 62.8. The number of benzene rings is 1. The zero-order valence-electron chi connectivity index (χ0n) is 51.2. The zero-order valence-corrected chi connectivity index (χ0v) is 52.1. The molecule has 23 nitrogen and oxygen atoms in total. The van der Waals surface area contributed by atoms with Gasteiger partial charge in [0, 0.05) is 36.2 Å². The normalized spacial score (nSPS) is 21.5. The van der Waals surface area contributed by atoms with Crippen LogP contribution in [0, 0.1) is 11.8 Å². The molecule has 2 bridgehead atoms. The first-order chi connectivity index (χ1) is 39.3. The van der Waals surface area contributed by atoms with Crippen LogP contribution in [-0.4, -0.2) is 163 Å². The molecule has 10 atom stereocenters. The number of nitrogens with zero attached hydrogens (tertiary/aromatic N) is 2. The average molecular weight is 1190 g/mol. The van der Waals surface area contributed by atoms with Crippen LogP contribution in [0.25, 0.3) is 10.9 Å². The molecule has 1 saturated heterocycles. The summed E-state index contributed by atoms with van der Waals surface area (Å²) in [5.41, 5.74) is 5.63. The van der Waals surface area contributed by atoms with Crippen LogP contribution in [0.3, 0.4) is 0 Å². The summed E-state index contributed by atoms with van der Waals surface area (Å²) in [4.78, 5) is 122. The molecule has 8 unspecified atom stereocenters. The number of primary amides is 1. The third-order valence-corrected chi connectivity index (χ3v) is 16.0. The molecule has 0 spiro atoms. The van der Waals surface area contributed by atoms with Crippen molar-refractivity contribution in [1.82, 2.24) is 52.0 Å². The highest BCUT2D eigenvalue weighted by Crippen LogP contribution is 2.42. The first-order valence-corrected chi connectivity index (χ1v) is 29.6. The Labute approximate surface area is 496 Å². The molecule has 1 aromatic heterocycles. The van der Waals surface area contributed by atoms with Gasteiger partial charge in [0.2, 0.25) is 41.4 Å². The Bertz CT molecular complexity index is 2490. The number of thiol groups is 1. The predicted octanol–water partition coefficient (Wildman–Crippen LogP) is 2.68. The largest absolute Gasteiger partial charge is 0.462 e. The smallest absolute Gasteiger partial charge is 0.293 e. The number of carbonyl (C=O) groups is 9. The highest BCUT2D eigenvalue weighted by molar-refractivity contribution is 7.80. The number of nitrogens with two attached hydrogens (primary N) is 1. The molecule has 1 fully saturated rings. The van der Waals surface area contributed by atoms with E-state index in [1.54, 1.807) is 27.7 Å². The highest BCUT2D eigenvalue weighted by atomic mass is 32.1. The number of carbonyl (C=O) groups excluding carboxylic acids is 9. The van der Waals surface area contributed by atoms with Crippen LogP contribution in [0.15, 0.2) is 35.5 Å². The Morgan fingerprint density at radius 1 is 0.952 bits per heavy atom. The second-order valence-electron chi connectivity index (χ2n) is 22.5. The number of likely N-dealkylation sites (N-methyl/N-ethyl adjacent to an activating group) is 1. The summed E-state index contributed by atoms with van der Waals surface area (Å²) < 4.78 is 6.36. The van der Waals surface area contributed by atoms with Crippen molar-refractivity contribution in [2.24, 2.45) is 17.6 Å². The van der Waals surface area contributed by atoms with E-state index in [1.165, 1.54) is 11.9 Å². The molecule has 1 aromatic carbocycles. The molecule has 4 rings (SSSR count). The Morgan fingerprint density at radius 2 is 1.58 bits per heavy atom. The minimum absolute atomic E-state index is 0.112. The van der Waals surface area contributed by atoms with Gasteiger partial charge in [-0.3, -0.25) is 38.4 Å². The van der Waals surface area contributed by atoms with Crippen LogP contribution in [-0.2, 0) is 59.8 Å². The number of aliphatic hydroxyl groups is 2. The van der Waals surface area contributed by atoms with Crippen molar-refractivity contribution in [1.29, 1.82) is 0 Å². The molecule has 3 heterocycles. The molecule has 468 valence electrons. The molecule has 0 radical (unpaired) electrons. The number of nitrogens with one attached hydrogen (secondary N) is 8. The number of amides is 7. The third-order valence-electron chi connectivity index (χ3n) is 15.5. The number of aromatic nitrogens is 1. The minimum atomic E-state index is -1.48. The second-order valence-corrected chi connectivity index (χ2v) is 22.9. The summed E-state index contributed by atoms with van der Waals surface area (Å²) in [5, 5.41) is 42.7. The van der Waals surface area contributed by atoms with E-state index in [0.717, 1.165) is 57.6 Å². The molecule has 12 N–H and O–H groups in total. The lowest BCUT2D eigenvalue weighted by atomic mass is 9.85. The summed E-state index contributed by atoms with van der Waals surface area (Å²) in [7, 11) is 4.44. The molecule has 83 heavy (non-hydrogen) atoms. The number of aliphatic hydroxyl groups excluding tert-OH is 2. The Kier molecular flexibility index (Phi) is 31.6. The maximum absolute atomic E-state index is 15.2. The molecular weight excluding hydrogens is 1090 g/mol. The van der Waals surface area contributed by atoms with Crippen LogP contribution in [0.1, 0.15) is 157 Å². The monoisotopic (exact) mass is 1190 g/mol. The molecule has 0 saturated carbocycles. The molecule has 0 aliphatic carbocycles. The first-order valence-electron chi connectivity index (χ1n) is 29.2. The number of hydrogen-bond donors (Lipinski definition) is 12. The number of aldehydes is 1. The molecule has 2 aromatic rings. The Morgan fingerprint density at radius 3 is 2.13 bits per heavy atom. The van der Waals surface area contributed by atoms with Crippen LogP contribution >= 0.6 is 12.6 Å². The molecule has 2 aliphatic rings. The van der Waals surface area contributed by atoms with Gasteiger partial charge >= 0.3 is 0 Å². The Hall–Kier alpha value is -6.08. The van der Waals surface area contributed by atoms with E-state index in [-0.39, 0.29) is 54.5 Å². The van der Waals surface area contributed by atoms with E-state index in [2.05, 4.69) is 53.9 Å². The second kappa shape index (κ2) is 35.9. The fourth-order valence-electron chi connectivity index (χ4n) is 10.3. The van der Waals surface area contributed by atoms with Crippen molar-refractivity contribution < 1.29 is 58.1 Å².